The minimum Gasteiger partial charge on any atom is -0.383 e. The molecule has 2 aliphatic heterocycles. The highest BCUT2D eigenvalue weighted by Crippen LogP contribution is 2.41. The predicted octanol–water partition coefficient (Wildman–Crippen LogP) is 4.09. The summed E-state index contributed by atoms with van der Waals surface area (Å²) in [5, 5.41) is 5.26. The largest absolute Gasteiger partial charge is 0.383 e. The van der Waals surface area contributed by atoms with E-state index in [-0.39, 0.29) is 5.82 Å². The summed E-state index contributed by atoms with van der Waals surface area (Å²) in [7, 11) is 0. The Morgan fingerprint density at radius 3 is 2.65 bits per heavy atom. The van der Waals surface area contributed by atoms with E-state index in [2.05, 4.69) is 40.0 Å². The molecule has 1 spiro atoms. The van der Waals surface area contributed by atoms with Crippen LogP contribution in [0.25, 0.3) is 10.8 Å². The van der Waals surface area contributed by atoms with Gasteiger partial charge in [0.15, 0.2) is 0 Å². The molecular weight excluding hydrogens is 389 g/mol. The number of halogens is 1. The Morgan fingerprint density at radius 1 is 1.10 bits per heavy atom. The number of pyridine rings is 1. The molecule has 0 saturated carbocycles. The Kier molecular flexibility index (Phi) is 5.07. The van der Waals surface area contributed by atoms with Crippen molar-refractivity contribution in [2.24, 2.45) is 5.41 Å². The van der Waals surface area contributed by atoms with E-state index in [0.717, 1.165) is 41.7 Å². The van der Waals surface area contributed by atoms with Crippen LogP contribution >= 0.6 is 0 Å². The van der Waals surface area contributed by atoms with Crippen LogP contribution in [0.3, 0.4) is 0 Å². The number of nitrogens with two attached hydrogens (primary N) is 1. The zero-order valence-corrected chi connectivity index (χ0v) is 18.2. The highest BCUT2D eigenvalue weighted by Gasteiger charge is 2.51. The molecule has 0 amide bonds. The third-order valence-electron chi connectivity index (χ3n) is 6.73. The summed E-state index contributed by atoms with van der Waals surface area (Å²) in [5.41, 5.74) is 9.06. The van der Waals surface area contributed by atoms with Gasteiger partial charge < -0.3 is 11.1 Å². The van der Waals surface area contributed by atoms with E-state index in [1.54, 1.807) is 12.3 Å². The molecule has 0 aliphatic carbocycles. The van der Waals surface area contributed by atoms with Crippen LogP contribution in [0, 0.1) is 11.2 Å². The maximum Gasteiger partial charge on any atom is 0.131 e. The smallest absolute Gasteiger partial charge is 0.131 e. The van der Waals surface area contributed by atoms with E-state index < -0.39 is 0 Å². The highest BCUT2D eigenvalue weighted by atomic mass is 19.1. The van der Waals surface area contributed by atoms with Crippen LogP contribution in [0.15, 0.2) is 48.7 Å². The SMILES string of the molecule is CC(C)N1CC2(CN(Cc3ccc(CNc4ccc5c(N)nccc5c4)c(F)c3)C2)C1. The van der Waals surface area contributed by atoms with Crippen molar-refractivity contribution in [3.8, 4) is 0 Å². The summed E-state index contributed by atoms with van der Waals surface area (Å²) in [5.74, 6) is 0.373. The van der Waals surface area contributed by atoms with Crippen molar-refractivity contribution in [3.05, 3.63) is 65.6 Å². The first-order valence-corrected chi connectivity index (χ1v) is 11.0. The number of fused-ring (bicyclic) bond motifs is 1. The van der Waals surface area contributed by atoms with Crippen molar-refractivity contribution in [1.29, 1.82) is 0 Å². The second-order valence-electron chi connectivity index (χ2n) is 9.56. The number of anilines is 2. The van der Waals surface area contributed by atoms with Crippen LogP contribution in [0.4, 0.5) is 15.9 Å². The number of hydrogen-bond acceptors (Lipinski definition) is 5. The summed E-state index contributed by atoms with van der Waals surface area (Å²) in [6.07, 6.45) is 1.70. The summed E-state index contributed by atoms with van der Waals surface area (Å²) >= 11 is 0. The number of nitrogens with one attached hydrogen (secondary N) is 1. The van der Waals surface area contributed by atoms with E-state index in [0.29, 0.717) is 29.4 Å². The van der Waals surface area contributed by atoms with Gasteiger partial charge in [-0.05, 0) is 55.1 Å². The maximum absolute atomic E-state index is 14.7. The highest BCUT2D eigenvalue weighted by molar-refractivity contribution is 5.92. The van der Waals surface area contributed by atoms with Gasteiger partial charge in [0.2, 0.25) is 0 Å². The topological polar surface area (TPSA) is 57.4 Å². The van der Waals surface area contributed by atoms with E-state index in [9.17, 15) is 4.39 Å². The number of nitrogens with zero attached hydrogens (tertiary/aromatic N) is 3. The van der Waals surface area contributed by atoms with Gasteiger partial charge in [-0.25, -0.2) is 9.37 Å². The average molecular weight is 420 g/mol. The molecule has 0 radical (unpaired) electrons. The number of nitrogen functional groups attached to an aromatic ring is 1. The van der Waals surface area contributed by atoms with E-state index in [1.165, 1.54) is 13.1 Å². The standard InChI is InChI=1S/C25H30FN5/c1-17(2)31-15-25(16-31)13-30(14-25)12-18-3-4-20(23(26)9-18)11-29-21-5-6-22-19(10-21)7-8-28-24(22)27/h3-10,17,29H,11-16H2,1-2H3,(H2,27,28). The van der Waals surface area contributed by atoms with E-state index >= 15 is 0 Å². The molecule has 0 atom stereocenters. The zero-order chi connectivity index (χ0) is 21.6. The van der Waals surface area contributed by atoms with Gasteiger partial charge in [-0.1, -0.05) is 12.1 Å². The average Bonchev–Trinajstić information content (AvgIpc) is 2.68. The number of aromatic nitrogens is 1. The molecule has 0 unspecified atom stereocenters. The van der Waals surface area contributed by atoms with Crippen LogP contribution in [0.1, 0.15) is 25.0 Å². The van der Waals surface area contributed by atoms with Gasteiger partial charge in [-0.3, -0.25) is 9.80 Å². The molecule has 3 heterocycles. The molecule has 5 nitrogen and oxygen atoms in total. The van der Waals surface area contributed by atoms with Crippen LogP contribution < -0.4 is 11.1 Å². The maximum atomic E-state index is 14.7. The number of rotatable bonds is 6. The Labute approximate surface area is 183 Å². The first-order chi connectivity index (χ1) is 14.9. The van der Waals surface area contributed by atoms with Gasteiger partial charge in [0, 0.05) is 73.6 Å². The molecule has 3 aromatic rings. The Hall–Kier alpha value is -2.70. The predicted molar refractivity (Wildman–Crippen MR) is 124 cm³/mol. The fourth-order valence-electron chi connectivity index (χ4n) is 4.99. The lowest BCUT2D eigenvalue weighted by Crippen LogP contribution is -2.72. The lowest BCUT2D eigenvalue weighted by atomic mass is 9.72. The van der Waals surface area contributed by atoms with Gasteiger partial charge in [0.25, 0.3) is 0 Å². The third-order valence-corrected chi connectivity index (χ3v) is 6.73. The summed E-state index contributed by atoms with van der Waals surface area (Å²) < 4.78 is 14.7. The number of benzene rings is 2. The number of likely N-dealkylation sites (tertiary alicyclic amines) is 2. The monoisotopic (exact) mass is 419 g/mol. The quantitative estimate of drug-likeness (QED) is 0.630. The zero-order valence-electron chi connectivity index (χ0n) is 18.2. The van der Waals surface area contributed by atoms with E-state index in [4.69, 9.17) is 5.73 Å². The molecule has 3 N–H and O–H groups in total. The Balaban J connectivity index is 1.16. The molecular formula is C25H30FN5. The first kappa shape index (κ1) is 20.2. The van der Waals surface area contributed by atoms with E-state index in [1.807, 2.05) is 30.3 Å². The molecule has 2 fully saturated rings. The lowest BCUT2D eigenvalue weighted by Gasteiger charge is -2.61. The molecule has 162 valence electrons. The van der Waals surface area contributed by atoms with Crippen molar-refractivity contribution in [3.63, 3.8) is 0 Å². The van der Waals surface area contributed by atoms with Gasteiger partial charge in [-0.15, -0.1) is 0 Å². The minimum atomic E-state index is -0.149. The second kappa shape index (κ2) is 7.77. The van der Waals surface area contributed by atoms with Crippen LogP contribution in [0.5, 0.6) is 0 Å². The van der Waals surface area contributed by atoms with Crippen LogP contribution in [-0.4, -0.2) is 47.0 Å². The third kappa shape index (κ3) is 3.98. The van der Waals surface area contributed by atoms with Crippen molar-refractivity contribution in [2.45, 2.75) is 33.0 Å². The van der Waals surface area contributed by atoms with Gasteiger partial charge in [0.1, 0.15) is 11.6 Å². The first-order valence-electron chi connectivity index (χ1n) is 11.0. The van der Waals surface area contributed by atoms with Crippen LogP contribution in [0.2, 0.25) is 0 Å². The van der Waals surface area contributed by atoms with Crippen LogP contribution in [-0.2, 0) is 13.1 Å². The normalized spacial score (nSPS) is 18.3. The lowest BCUT2D eigenvalue weighted by molar-refractivity contribution is -0.128. The fourth-order valence-corrected chi connectivity index (χ4v) is 4.99. The summed E-state index contributed by atoms with van der Waals surface area (Å²) in [6.45, 7) is 10.5. The number of hydrogen-bond donors (Lipinski definition) is 2. The molecule has 1 aromatic heterocycles. The Morgan fingerprint density at radius 2 is 1.90 bits per heavy atom. The van der Waals surface area contributed by atoms with Gasteiger partial charge >= 0.3 is 0 Å². The van der Waals surface area contributed by atoms with Crippen molar-refractivity contribution >= 4 is 22.3 Å². The summed E-state index contributed by atoms with van der Waals surface area (Å²) in [4.78, 5) is 9.07. The van der Waals surface area contributed by atoms with Gasteiger partial charge in [-0.2, -0.15) is 0 Å². The van der Waals surface area contributed by atoms with Crippen molar-refractivity contribution in [2.75, 3.05) is 37.2 Å². The summed E-state index contributed by atoms with van der Waals surface area (Å²) in [6, 6.07) is 14.1. The fraction of sp³-hybridized carbons (Fsp3) is 0.400. The molecule has 2 saturated heterocycles. The minimum absolute atomic E-state index is 0.149. The Bertz CT molecular complexity index is 1100. The molecule has 6 heteroatoms. The molecule has 2 aromatic carbocycles. The molecule has 5 rings (SSSR count). The molecule has 0 bridgehead atoms. The molecule has 2 aliphatic rings. The molecule has 31 heavy (non-hydrogen) atoms. The van der Waals surface area contributed by atoms with Gasteiger partial charge in [0.05, 0.1) is 0 Å². The van der Waals surface area contributed by atoms with Crippen molar-refractivity contribution < 1.29 is 4.39 Å². The van der Waals surface area contributed by atoms with Crippen molar-refractivity contribution in [1.82, 2.24) is 14.8 Å². The second-order valence-corrected chi connectivity index (χ2v) is 9.56.